The molecule has 1 heterocycles. The Bertz CT molecular complexity index is 239. The van der Waals surface area contributed by atoms with E-state index in [1.165, 1.54) is 74.0 Å². The first-order valence-electron chi connectivity index (χ1n) is 8.11. The molecular formula is C12H27B5. The van der Waals surface area contributed by atoms with Gasteiger partial charge in [0, 0.05) is 21.2 Å². The van der Waals surface area contributed by atoms with Crippen LogP contribution in [-0.4, -0.2) is 35.5 Å². The van der Waals surface area contributed by atoms with Crippen molar-refractivity contribution in [3.05, 3.63) is 0 Å². The molecule has 2 fully saturated rings. The van der Waals surface area contributed by atoms with Crippen LogP contribution >= 0.6 is 0 Å². The van der Waals surface area contributed by atoms with Gasteiger partial charge in [0.25, 0.3) is 0 Å². The molecule has 2 rings (SSSR count). The van der Waals surface area contributed by atoms with E-state index in [2.05, 4.69) is 20.8 Å². The monoisotopic (exact) mass is 226 g/mol. The van der Waals surface area contributed by atoms with Crippen molar-refractivity contribution in [1.82, 2.24) is 0 Å². The van der Waals surface area contributed by atoms with E-state index in [-0.39, 0.29) is 0 Å². The topological polar surface area (TPSA) is 0 Å². The van der Waals surface area contributed by atoms with E-state index in [4.69, 9.17) is 0 Å². The Hall–Kier alpha value is 0.325. The van der Waals surface area contributed by atoms with Crippen LogP contribution in [0.4, 0.5) is 0 Å². The maximum Gasteiger partial charge on any atom is 0.0763 e. The SMILES string of the molecule is CC(C)C1(C2(C)CCCCCC2)BBBBB1. The molecule has 0 radical (unpaired) electrons. The lowest BCUT2D eigenvalue weighted by Crippen LogP contribution is -2.55. The van der Waals surface area contributed by atoms with Crippen LogP contribution in [0.2, 0.25) is 5.21 Å². The van der Waals surface area contributed by atoms with Gasteiger partial charge in [-0.25, -0.2) is 0 Å². The lowest BCUT2D eigenvalue weighted by molar-refractivity contribution is 0.191. The van der Waals surface area contributed by atoms with E-state index in [1.54, 1.807) is 0 Å². The Labute approximate surface area is 112 Å². The van der Waals surface area contributed by atoms with Crippen molar-refractivity contribution in [2.75, 3.05) is 0 Å². The van der Waals surface area contributed by atoms with Crippen molar-refractivity contribution in [2.45, 2.75) is 64.5 Å². The molecule has 0 atom stereocenters. The Kier molecular flexibility index (Phi) is 4.47. The zero-order valence-corrected chi connectivity index (χ0v) is 12.4. The minimum atomic E-state index is 0.651. The molecule has 1 saturated carbocycles. The average Bonchev–Trinajstić information content (AvgIpc) is 2.56. The van der Waals surface area contributed by atoms with Crippen molar-refractivity contribution >= 4 is 35.5 Å². The van der Waals surface area contributed by atoms with Crippen molar-refractivity contribution in [2.24, 2.45) is 11.3 Å². The van der Waals surface area contributed by atoms with Crippen molar-refractivity contribution in [1.29, 1.82) is 0 Å². The van der Waals surface area contributed by atoms with Crippen LogP contribution in [0, 0.1) is 11.3 Å². The van der Waals surface area contributed by atoms with E-state index < -0.39 is 0 Å². The highest BCUT2D eigenvalue weighted by Crippen LogP contribution is 2.56. The molecular weight excluding hydrogens is 198 g/mol. The van der Waals surface area contributed by atoms with Crippen molar-refractivity contribution in [3.63, 3.8) is 0 Å². The van der Waals surface area contributed by atoms with Crippen molar-refractivity contribution < 1.29 is 0 Å². The molecule has 1 saturated heterocycles. The Morgan fingerprint density at radius 3 is 1.82 bits per heavy atom. The molecule has 1 aliphatic carbocycles. The molecule has 0 N–H and O–H groups in total. The number of hydrogen-bond donors (Lipinski definition) is 0. The maximum atomic E-state index is 2.64. The molecule has 1 aliphatic heterocycles. The molecule has 0 bridgehead atoms. The van der Waals surface area contributed by atoms with Crippen LogP contribution in [0.1, 0.15) is 59.3 Å². The molecule has 0 aromatic heterocycles. The minimum Gasteiger partial charge on any atom is -0.0850 e. The number of rotatable bonds is 2. The van der Waals surface area contributed by atoms with Crippen LogP contribution < -0.4 is 0 Å². The van der Waals surface area contributed by atoms with Crippen LogP contribution in [-0.2, 0) is 0 Å². The molecule has 0 aromatic carbocycles. The first-order chi connectivity index (χ1) is 8.11. The van der Waals surface area contributed by atoms with E-state index >= 15 is 0 Å². The first-order valence-corrected chi connectivity index (χ1v) is 8.11. The van der Waals surface area contributed by atoms with Crippen LogP contribution in [0.5, 0.6) is 0 Å². The van der Waals surface area contributed by atoms with E-state index in [1.807, 2.05) is 0 Å². The maximum absolute atomic E-state index is 2.64. The standard InChI is InChI=1S/C12H27B5/c1-10(2)12(13-15-17-16-14-12)11(3)8-6-4-5-7-9-11/h10,13-17H,4-9H2,1-3H3. The second kappa shape index (κ2) is 5.53. The van der Waals surface area contributed by atoms with Crippen LogP contribution in [0.3, 0.4) is 0 Å². The summed E-state index contributed by atoms with van der Waals surface area (Å²) < 4.78 is 0. The largest absolute Gasteiger partial charge is 0.0850 e. The van der Waals surface area contributed by atoms with Gasteiger partial charge >= 0.3 is 0 Å². The summed E-state index contributed by atoms with van der Waals surface area (Å²) in [6.07, 6.45) is 8.97. The van der Waals surface area contributed by atoms with Crippen molar-refractivity contribution in [3.8, 4) is 0 Å². The highest BCUT2D eigenvalue weighted by atomic mass is 14.4. The van der Waals surface area contributed by atoms with Gasteiger partial charge in [0.1, 0.15) is 0 Å². The molecule has 5 heteroatoms. The summed E-state index contributed by atoms with van der Waals surface area (Å²) in [5.74, 6) is 0.880. The predicted octanol–water partition coefficient (Wildman–Crippen LogP) is 0.975. The fourth-order valence-electron chi connectivity index (χ4n) is 5.07. The summed E-state index contributed by atoms with van der Waals surface area (Å²) >= 11 is 0. The quantitative estimate of drug-likeness (QED) is 0.485. The second-order valence-electron chi connectivity index (χ2n) is 7.35. The fraction of sp³-hybridized carbons (Fsp3) is 1.00. The highest BCUT2D eigenvalue weighted by molar-refractivity contribution is 7.58. The van der Waals surface area contributed by atoms with E-state index in [0.29, 0.717) is 10.6 Å². The third-order valence-corrected chi connectivity index (χ3v) is 6.26. The zero-order valence-electron chi connectivity index (χ0n) is 12.4. The van der Waals surface area contributed by atoms with Crippen LogP contribution in [0.25, 0.3) is 0 Å². The summed E-state index contributed by atoms with van der Waals surface area (Å²) in [5.41, 5.74) is 0.651. The molecule has 2 aliphatic rings. The normalized spacial score (nSPS) is 26.6. The van der Waals surface area contributed by atoms with E-state index in [9.17, 15) is 0 Å². The predicted molar refractivity (Wildman–Crippen MR) is 89.1 cm³/mol. The fourth-order valence-corrected chi connectivity index (χ4v) is 5.07. The van der Waals surface area contributed by atoms with Gasteiger partial charge in [-0.2, -0.15) is 0 Å². The number of hydrogen-bond acceptors (Lipinski definition) is 0. The summed E-state index contributed by atoms with van der Waals surface area (Å²) in [5, 5.41) is 0.676. The summed E-state index contributed by atoms with van der Waals surface area (Å²) in [6, 6.07) is 0. The average molecular weight is 225 g/mol. The van der Waals surface area contributed by atoms with Crippen LogP contribution in [0.15, 0.2) is 0 Å². The van der Waals surface area contributed by atoms with Gasteiger partial charge in [-0.05, 0) is 18.3 Å². The van der Waals surface area contributed by atoms with Gasteiger partial charge in [0.2, 0.25) is 0 Å². The lowest BCUT2D eigenvalue weighted by atomic mass is 8.86. The molecule has 0 aromatic rings. The van der Waals surface area contributed by atoms with Gasteiger partial charge in [0.05, 0.1) is 14.3 Å². The van der Waals surface area contributed by atoms with E-state index in [0.717, 1.165) is 5.92 Å². The summed E-state index contributed by atoms with van der Waals surface area (Å²) in [4.78, 5) is 0. The smallest absolute Gasteiger partial charge is 0.0763 e. The Balaban J connectivity index is 2.23. The zero-order chi connectivity index (χ0) is 12.4. The van der Waals surface area contributed by atoms with Gasteiger partial charge in [-0.15, -0.1) is 0 Å². The van der Waals surface area contributed by atoms with Gasteiger partial charge in [-0.1, -0.05) is 57.6 Å². The van der Waals surface area contributed by atoms with Gasteiger partial charge < -0.3 is 0 Å². The molecule has 0 unspecified atom stereocenters. The highest BCUT2D eigenvalue weighted by Gasteiger charge is 2.49. The molecule has 0 nitrogen and oxygen atoms in total. The molecule has 17 heavy (non-hydrogen) atoms. The third kappa shape index (κ3) is 2.54. The first kappa shape index (κ1) is 13.7. The molecule has 90 valence electrons. The summed E-state index contributed by atoms with van der Waals surface area (Å²) in [6.45, 7) is 7.65. The second-order valence-corrected chi connectivity index (χ2v) is 7.35. The molecule has 0 spiro atoms. The minimum absolute atomic E-state index is 0.651. The van der Waals surface area contributed by atoms with Gasteiger partial charge in [-0.3, -0.25) is 0 Å². The summed E-state index contributed by atoms with van der Waals surface area (Å²) in [7, 11) is 7.51. The van der Waals surface area contributed by atoms with Gasteiger partial charge in [0.15, 0.2) is 0 Å². The Morgan fingerprint density at radius 1 is 0.824 bits per heavy atom. The third-order valence-electron chi connectivity index (χ3n) is 6.26. The molecule has 0 amide bonds. The Morgan fingerprint density at radius 2 is 1.35 bits per heavy atom. The lowest BCUT2D eigenvalue weighted by Gasteiger charge is -2.54.